The number of halogens is 1. The predicted octanol–water partition coefficient (Wildman–Crippen LogP) is 2.62. The van der Waals surface area contributed by atoms with E-state index in [4.69, 9.17) is 0 Å². The lowest BCUT2D eigenvalue weighted by Gasteiger charge is -2.22. The van der Waals surface area contributed by atoms with Crippen molar-refractivity contribution in [2.24, 2.45) is 5.92 Å². The zero-order chi connectivity index (χ0) is 14.2. The van der Waals surface area contributed by atoms with Crippen LogP contribution in [0, 0.1) is 16.4 Å². The fourth-order valence-corrected chi connectivity index (χ4v) is 3.36. The highest BCUT2D eigenvalue weighted by Gasteiger charge is 2.34. The summed E-state index contributed by atoms with van der Waals surface area (Å²) in [4.78, 5) is 16.9. The van der Waals surface area contributed by atoms with Crippen LogP contribution in [0.5, 0.6) is 0 Å². The second kappa shape index (κ2) is 5.79. The van der Waals surface area contributed by atoms with Crippen LogP contribution in [0.3, 0.4) is 0 Å². The molecule has 104 valence electrons. The van der Waals surface area contributed by atoms with Gasteiger partial charge in [-0.2, -0.15) is 0 Å². The molecule has 4 heteroatoms. The molecule has 0 bridgehead atoms. The van der Waals surface area contributed by atoms with Gasteiger partial charge in [0, 0.05) is 22.7 Å². The molecule has 0 aromatic heterocycles. The number of amides is 1. The van der Waals surface area contributed by atoms with Crippen LogP contribution in [0.2, 0.25) is 0 Å². The molecule has 1 amide bonds. The largest absolute Gasteiger partial charge is 0.337 e. The summed E-state index contributed by atoms with van der Waals surface area (Å²) in [6.07, 6.45) is 0. The maximum absolute atomic E-state index is 12.6. The summed E-state index contributed by atoms with van der Waals surface area (Å²) in [6, 6.07) is 6.41. The number of benzene rings is 1. The minimum Gasteiger partial charge on any atom is -0.337 e. The number of likely N-dealkylation sites (tertiary alicyclic amines) is 1. The lowest BCUT2D eigenvalue weighted by atomic mass is 10.1. The lowest BCUT2D eigenvalue weighted by molar-refractivity contribution is 0.0780. The molecule has 1 saturated heterocycles. The van der Waals surface area contributed by atoms with Crippen LogP contribution in [0.1, 0.15) is 22.8 Å². The summed E-state index contributed by atoms with van der Waals surface area (Å²) in [5.74, 6) is 0.700. The van der Waals surface area contributed by atoms with Crippen molar-refractivity contribution in [1.29, 1.82) is 0 Å². The predicted molar refractivity (Wildman–Crippen MR) is 86.4 cm³/mol. The topological polar surface area (TPSA) is 23.6 Å². The molecular weight excluding hydrogens is 351 g/mol. The van der Waals surface area contributed by atoms with Gasteiger partial charge in [-0.25, -0.2) is 0 Å². The van der Waals surface area contributed by atoms with Crippen LogP contribution in [0.25, 0.3) is 0 Å². The summed E-state index contributed by atoms with van der Waals surface area (Å²) in [7, 11) is 4.18. The molecule has 1 aliphatic rings. The molecule has 2 rings (SSSR count). The van der Waals surface area contributed by atoms with E-state index in [0.29, 0.717) is 12.0 Å². The van der Waals surface area contributed by atoms with E-state index < -0.39 is 0 Å². The lowest BCUT2D eigenvalue weighted by Crippen LogP contribution is -2.36. The maximum atomic E-state index is 12.6. The second-order valence-electron chi connectivity index (χ2n) is 5.65. The van der Waals surface area contributed by atoms with Crippen molar-refractivity contribution < 1.29 is 4.79 Å². The number of carbonyl (C=O) groups is 1. The summed E-state index contributed by atoms with van der Waals surface area (Å²) < 4.78 is 1.08. The number of hydrogen-bond acceptors (Lipinski definition) is 2. The average Bonchev–Trinajstić information content (AvgIpc) is 2.74. The number of carbonyl (C=O) groups excluding carboxylic acids is 1. The number of likely N-dealkylation sites (N-methyl/N-ethyl adjacent to an activating group) is 1. The number of nitrogens with zero attached hydrogens (tertiary/aromatic N) is 2. The first kappa shape index (κ1) is 14.8. The van der Waals surface area contributed by atoms with Gasteiger partial charge < -0.3 is 9.80 Å². The Kier molecular flexibility index (Phi) is 4.50. The average molecular weight is 372 g/mol. The van der Waals surface area contributed by atoms with Crippen molar-refractivity contribution in [2.75, 3.05) is 27.2 Å². The van der Waals surface area contributed by atoms with Crippen molar-refractivity contribution in [3.05, 3.63) is 32.9 Å². The molecule has 0 spiro atoms. The Hall–Kier alpha value is -0.620. The SMILES string of the molecule is Cc1cccc(C(=O)N2CC(C)C(N(C)C)C2)c1I. The van der Waals surface area contributed by atoms with Crippen LogP contribution in [0.15, 0.2) is 18.2 Å². The zero-order valence-electron chi connectivity index (χ0n) is 12.0. The van der Waals surface area contributed by atoms with Crippen molar-refractivity contribution in [3.63, 3.8) is 0 Å². The normalized spacial score (nSPS) is 23.2. The van der Waals surface area contributed by atoms with E-state index >= 15 is 0 Å². The number of rotatable bonds is 2. The Morgan fingerprint density at radius 2 is 2.05 bits per heavy atom. The van der Waals surface area contributed by atoms with Gasteiger partial charge >= 0.3 is 0 Å². The first-order valence-corrected chi connectivity index (χ1v) is 7.70. The van der Waals surface area contributed by atoms with E-state index in [2.05, 4.69) is 48.5 Å². The third-order valence-corrected chi connectivity index (χ3v) is 5.38. The van der Waals surface area contributed by atoms with Crippen LogP contribution < -0.4 is 0 Å². The van der Waals surface area contributed by atoms with Crippen LogP contribution in [0.4, 0.5) is 0 Å². The Labute approximate surface area is 129 Å². The molecule has 1 aromatic rings. The molecule has 1 heterocycles. The second-order valence-corrected chi connectivity index (χ2v) is 6.73. The zero-order valence-corrected chi connectivity index (χ0v) is 14.1. The highest BCUT2D eigenvalue weighted by atomic mass is 127. The van der Waals surface area contributed by atoms with E-state index in [1.807, 2.05) is 30.0 Å². The molecule has 0 aliphatic carbocycles. The van der Waals surface area contributed by atoms with E-state index in [0.717, 1.165) is 22.2 Å². The molecule has 1 aromatic carbocycles. The summed E-state index contributed by atoms with van der Waals surface area (Å²) in [5.41, 5.74) is 2.01. The number of aryl methyl sites for hydroxylation is 1. The van der Waals surface area contributed by atoms with Gasteiger partial charge in [0.1, 0.15) is 0 Å². The van der Waals surface area contributed by atoms with Crippen molar-refractivity contribution in [2.45, 2.75) is 19.9 Å². The molecular formula is C15H21IN2O. The van der Waals surface area contributed by atoms with Crippen molar-refractivity contribution in [3.8, 4) is 0 Å². The van der Waals surface area contributed by atoms with Crippen LogP contribution >= 0.6 is 22.6 Å². The van der Waals surface area contributed by atoms with Gasteiger partial charge in [-0.15, -0.1) is 0 Å². The molecule has 2 unspecified atom stereocenters. The fraction of sp³-hybridized carbons (Fsp3) is 0.533. The monoisotopic (exact) mass is 372 g/mol. The Morgan fingerprint density at radius 3 is 2.63 bits per heavy atom. The first-order chi connectivity index (χ1) is 8.91. The third kappa shape index (κ3) is 2.94. The molecule has 1 aliphatic heterocycles. The smallest absolute Gasteiger partial charge is 0.255 e. The third-order valence-electron chi connectivity index (χ3n) is 3.95. The molecule has 19 heavy (non-hydrogen) atoms. The minimum atomic E-state index is 0.171. The fourth-order valence-electron chi connectivity index (χ4n) is 2.77. The quantitative estimate of drug-likeness (QED) is 0.746. The van der Waals surface area contributed by atoms with E-state index in [1.165, 1.54) is 5.56 Å². The van der Waals surface area contributed by atoms with E-state index in [9.17, 15) is 4.79 Å². The minimum absolute atomic E-state index is 0.171. The maximum Gasteiger partial charge on any atom is 0.255 e. The van der Waals surface area contributed by atoms with Gasteiger partial charge in [-0.1, -0.05) is 19.1 Å². The van der Waals surface area contributed by atoms with Gasteiger partial charge in [0.25, 0.3) is 5.91 Å². The summed E-state index contributed by atoms with van der Waals surface area (Å²) >= 11 is 2.27. The van der Waals surface area contributed by atoms with Gasteiger partial charge in [0.15, 0.2) is 0 Å². The van der Waals surface area contributed by atoms with Crippen molar-refractivity contribution in [1.82, 2.24) is 9.80 Å². The first-order valence-electron chi connectivity index (χ1n) is 6.62. The summed E-state index contributed by atoms with van der Waals surface area (Å²) in [6.45, 7) is 5.95. The van der Waals surface area contributed by atoms with Crippen LogP contribution in [-0.4, -0.2) is 48.9 Å². The van der Waals surface area contributed by atoms with E-state index in [-0.39, 0.29) is 5.91 Å². The Bertz CT molecular complexity index is 487. The standard InChI is InChI=1S/C15H21IN2O/c1-10-6-5-7-12(14(10)16)15(19)18-8-11(2)13(9-18)17(3)4/h5-7,11,13H,8-9H2,1-4H3. The highest BCUT2D eigenvalue weighted by Crippen LogP contribution is 2.24. The van der Waals surface area contributed by atoms with Crippen molar-refractivity contribution >= 4 is 28.5 Å². The summed E-state index contributed by atoms with van der Waals surface area (Å²) in [5, 5.41) is 0. The molecule has 0 radical (unpaired) electrons. The van der Waals surface area contributed by atoms with Gasteiger partial charge in [-0.05, 0) is 61.2 Å². The van der Waals surface area contributed by atoms with Gasteiger partial charge in [0.2, 0.25) is 0 Å². The molecule has 3 nitrogen and oxygen atoms in total. The molecule has 1 fully saturated rings. The number of hydrogen-bond donors (Lipinski definition) is 0. The van der Waals surface area contributed by atoms with Crippen LogP contribution in [-0.2, 0) is 0 Å². The molecule has 2 atom stereocenters. The van der Waals surface area contributed by atoms with Gasteiger partial charge in [-0.3, -0.25) is 4.79 Å². The highest BCUT2D eigenvalue weighted by molar-refractivity contribution is 14.1. The van der Waals surface area contributed by atoms with E-state index in [1.54, 1.807) is 0 Å². The molecule has 0 N–H and O–H groups in total. The Balaban J connectivity index is 2.20. The molecule has 0 saturated carbocycles. The van der Waals surface area contributed by atoms with Gasteiger partial charge in [0.05, 0.1) is 5.56 Å². The Morgan fingerprint density at radius 1 is 1.37 bits per heavy atom.